The van der Waals surface area contributed by atoms with Crippen LogP contribution in [-0.4, -0.2) is 20.3 Å². The molecule has 21 heavy (non-hydrogen) atoms. The van der Waals surface area contributed by atoms with Crippen molar-refractivity contribution >= 4 is 11.6 Å². The van der Waals surface area contributed by atoms with Gasteiger partial charge in [-0.05, 0) is 37.3 Å². The molecule has 0 saturated carbocycles. The zero-order valence-electron chi connectivity index (χ0n) is 12.4. The molecular weight excluding hydrogens is 286 g/mol. The normalized spacial score (nSPS) is 10.6. The molecule has 0 saturated heterocycles. The molecule has 0 aliphatic rings. The van der Waals surface area contributed by atoms with Gasteiger partial charge in [0.1, 0.15) is 11.5 Å². The van der Waals surface area contributed by atoms with Gasteiger partial charge in [-0.1, -0.05) is 29.3 Å². The molecule has 3 nitrogen and oxygen atoms in total. The van der Waals surface area contributed by atoms with E-state index < -0.39 is 0 Å². The zero-order valence-corrected chi connectivity index (χ0v) is 13.1. The Balaban J connectivity index is 2.08. The molecule has 0 aromatic heterocycles. The number of benzene rings is 2. The molecule has 2 aromatic rings. The van der Waals surface area contributed by atoms with Gasteiger partial charge in [-0.3, -0.25) is 0 Å². The first-order chi connectivity index (χ1) is 10.2. The van der Waals surface area contributed by atoms with Crippen LogP contribution in [0.5, 0.6) is 11.5 Å². The number of methoxy groups -OCH3 is 1. The van der Waals surface area contributed by atoms with E-state index in [1.807, 2.05) is 36.4 Å². The predicted molar refractivity (Wildman–Crippen MR) is 86.3 cm³/mol. The fourth-order valence-corrected chi connectivity index (χ4v) is 2.10. The van der Waals surface area contributed by atoms with Gasteiger partial charge < -0.3 is 14.8 Å². The quantitative estimate of drug-likeness (QED) is 0.779. The number of halogens is 1. The highest BCUT2D eigenvalue weighted by atomic mass is 35.5. The molecule has 112 valence electrons. The van der Waals surface area contributed by atoms with Crippen LogP contribution in [0, 0.1) is 6.92 Å². The highest BCUT2D eigenvalue weighted by Crippen LogP contribution is 2.27. The van der Waals surface area contributed by atoms with Crippen LogP contribution in [0.2, 0.25) is 5.02 Å². The summed E-state index contributed by atoms with van der Waals surface area (Å²) in [4.78, 5) is 0. The van der Waals surface area contributed by atoms with E-state index in [0.29, 0.717) is 11.6 Å². The first kappa shape index (κ1) is 15.8. The minimum absolute atomic E-state index is 0.694. The number of nitrogens with one attached hydrogen (secondary N) is 1. The Hall–Kier alpha value is -1.55. The summed E-state index contributed by atoms with van der Waals surface area (Å²) in [7, 11) is 1.70. The van der Waals surface area contributed by atoms with Gasteiger partial charge in [0.2, 0.25) is 0 Å². The fourth-order valence-electron chi connectivity index (χ4n) is 1.97. The average Bonchev–Trinajstić information content (AvgIpc) is 2.48. The smallest absolute Gasteiger partial charge is 0.131 e. The van der Waals surface area contributed by atoms with E-state index in [2.05, 4.69) is 18.3 Å². The van der Waals surface area contributed by atoms with Gasteiger partial charge in [0, 0.05) is 30.8 Å². The van der Waals surface area contributed by atoms with Crippen LogP contribution in [-0.2, 0) is 11.3 Å². The molecule has 2 aromatic carbocycles. The van der Waals surface area contributed by atoms with E-state index in [4.69, 9.17) is 21.1 Å². The van der Waals surface area contributed by atoms with Crippen molar-refractivity contribution in [3.63, 3.8) is 0 Å². The Bertz CT molecular complexity index is 570. The third kappa shape index (κ3) is 5.05. The number of hydrogen-bond donors (Lipinski definition) is 1. The molecule has 0 bridgehead atoms. The second-order valence-corrected chi connectivity index (χ2v) is 5.27. The monoisotopic (exact) mass is 305 g/mol. The molecule has 0 aliphatic heterocycles. The molecule has 0 atom stereocenters. The van der Waals surface area contributed by atoms with Crippen LogP contribution in [0.3, 0.4) is 0 Å². The second kappa shape index (κ2) is 8.03. The van der Waals surface area contributed by atoms with E-state index in [-0.39, 0.29) is 0 Å². The lowest BCUT2D eigenvalue weighted by Gasteiger charge is -2.13. The van der Waals surface area contributed by atoms with Crippen molar-refractivity contribution in [1.29, 1.82) is 0 Å². The average molecular weight is 306 g/mol. The summed E-state index contributed by atoms with van der Waals surface area (Å²) >= 11 is 5.89. The Labute approximate surface area is 130 Å². The SMILES string of the molecule is COCCNCc1cc(C)ccc1Oc1ccc(Cl)cc1. The molecule has 0 aliphatic carbocycles. The number of rotatable bonds is 7. The Morgan fingerprint density at radius 3 is 2.57 bits per heavy atom. The van der Waals surface area contributed by atoms with E-state index in [0.717, 1.165) is 30.2 Å². The summed E-state index contributed by atoms with van der Waals surface area (Å²) in [5.41, 5.74) is 2.34. The largest absolute Gasteiger partial charge is 0.457 e. The molecule has 0 amide bonds. The lowest BCUT2D eigenvalue weighted by molar-refractivity contribution is 0.199. The summed E-state index contributed by atoms with van der Waals surface area (Å²) in [6.45, 7) is 4.32. The molecule has 0 radical (unpaired) electrons. The van der Waals surface area contributed by atoms with E-state index in [1.54, 1.807) is 7.11 Å². The van der Waals surface area contributed by atoms with Gasteiger partial charge in [0.05, 0.1) is 6.61 Å². The van der Waals surface area contributed by atoms with Gasteiger partial charge in [-0.2, -0.15) is 0 Å². The molecule has 2 rings (SSSR count). The van der Waals surface area contributed by atoms with Crippen molar-refractivity contribution in [3.05, 3.63) is 58.6 Å². The Morgan fingerprint density at radius 2 is 1.86 bits per heavy atom. The van der Waals surface area contributed by atoms with E-state index in [1.165, 1.54) is 5.56 Å². The van der Waals surface area contributed by atoms with Crippen molar-refractivity contribution in [2.45, 2.75) is 13.5 Å². The van der Waals surface area contributed by atoms with Gasteiger partial charge in [-0.25, -0.2) is 0 Å². The van der Waals surface area contributed by atoms with Gasteiger partial charge in [-0.15, -0.1) is 0 Å². The highest BCUT2D eigenvalue weighted by Gasteiger charge is 2.05. The van der Waals surface area contributed by atoms with Crippen molar-refractivity contribution < 1.29 is 9.47 Å². The molecule has 1 N–H and O–H groups in total. The topological polar surface area (TPSA) is 30.5 Å². The third-order valence-electron chi connectivity index (χ3n) is 3.06. The second-order valence-electron chi connectivity index (χ2n) is 4.84. The lowest BCUT2D eigenvalue weighted by atomic mass is 10.1. The minimum Gasteiger partial charge on any atom is -0.457 e. The number of aryl methyl sites for hydroxylation is 1. The van der Waals surface area contributed by atoms with Crippen LogP contribution in [0.25, 0.3) is 0 Å². The summed E-state index contributed by atoms with van der Waals surface area (Å²) in [6.07, 6.45) is 0. The fraction of sp³-hybridized carbons (Fsp3) is 0.294. The Kier molecular flexibility index (Phi) is 6.05. The summed E-state index contributed by atoms with van der Waals surface area (Å²) < 4.78 is 11.0. The minimum atomic E-state index is 0.694. The maximum Gasteiger partial charge on any atom is 0.131 e. The van der Waals surface area contributed by atoms with Crippen molar-refractivity contribution in [2.75, 3.05) is 20.3 Å². The molecule has 0 unspecified atom stereocenters. The molecule has 0 spiro atoms. The van der Waals surface area contributed by atoms with Crippen molar-refractivity contribution in [3.8, 4) is 11.5 Å². The molecular formula is C17H20ClNO2. The van der Waals surface area contributed by atoms with Crippen LogP contribution in [0.1, 0.15) is 11.1 Å². The van der Waals surface area contributed by atoms with Crippen LogP contribution < -0.4 is 10.1 Å². The molecule has 0 fully saturated rings. The van der Waals surface area contributed by atoms with E-state index in [9.17, 15) is 0 Å². The standard InChI is InChI=1S/C17H20ClNO2/c1-13-3-8-17(14(11-13)12-19-9-10-20-2)21-16-6-4-15(18)5-7-16/h3-8,11,19H,9-10,12H2,1-2H3. The zero-order chi connectivity index (χ0) is 15.1. The first-order valence-electron chi connectivity index (χ1n) is 6.91. The summed E-state index contributed by atoms with van der Waals surface area (Å²) in [5, 5.41) is 4.04. The number of ether oxygens (including phenoxy) is 2. The third-order valence-corrected chi connectivity index (χ3v) is 3.31. The highest BCUT2D eigenvalue weighted by molar-refractivity contribution is 6.30. The number of hydrogen-bond acceptors (Lipinski definition) is 3. The lowest BCUT2D eigenvalue weighted by Crippen LogP contribution is -2.18. The van der Waals surface area contributed by atoms with Crippen LogP contribution in [0.4, 0.5) is 0 Å². The van der Waals surface area contributed by atoms with Crippen molar-refractivity contribution in [2.24, 2.45) is 0 Å². The van der Waals surface area contributed by atoms with Gasteiger partial charge >= 0.3 is 0 Å². The van der Waals surface area contributed by atoms with Crippen LogP contribution >= 0.6 is 11.6 Å². The molecule has 4 heteroatoms. The summed E-state index contributed by atoms with van der Waals surface area (Å²) in [5.74, 6) is 1.63. The first-order valence-corrected chi connectivity index (χ1v) is 7.29. The summed E-state index contributed by atoms with van der Waals surface area (Å²) in [6, 6.07) is 13.5. The van der Waals surface area contributed by atoms with Gasteiger partial charge in [0.15, 0.2) is 0 Å². The Morgan fingerprint density at radius 1 is 1.10 bits per heavy atom. The maximum absolute atomic E-state index is 5.95. The molecule has 0 heterocycles. The van der Waals surface area contributed by atoms with E-state index >= 15 is 0 Å². The predicted octanol–water partition coefficient (Wildman–Crippen LogP) is 4.18. The van der Waals surface area contributed by atoms with Crippen molar-refractivity contribution in [1.82, 2.24) is 5.32 Å². The maximum atomic E-state index is 5.95. The van der Waals surface area contributed by atoms with Gasteiger partial charge in [0.25, 0.3) is 0 Å². The van der Waals surface area contributed by atoms with Crippen LogP contribution in [0.15, 0.2) is 42.5 Å².